The van der Waals surface area contributed by atoms with Crippen LogP contribution in [0.4, 0.5) is 4.39 Å². The van der Waals surface area contributed by atoms with Crippen molar-refractivity contribution in [3.8, 4) is 0 Å². The molecule has 1 aromatic rings. The van der Waals surface area contributed by atoms with Gasteiger partial charge in [-0.15, -0.1) is 0 Å². The molecule has 19 heavy (non-hydrogen) atoms. The first-order chi connectivity index (χ1) is 8.99. The SMILES string of the molecule is O=S(=O)(NCC1CSCCS1)c1ccc(Br)cc1F. The van der Waals surface area contributed by atoms with Crippen molar-refractivity contribution in [1.82, 2.24) is 4.72 Å². The number of hydrogen-bond acceptors (Lipinski definition) is 4. The van der Waals surface area contributed by atoms with Crippen LogP contribution in [-0.2, 0) is 10.0 Å². The molecule has 1 N–H and O–H groups in total. The molecule has 3 nitrogen and oxygen atoms in total. The Balaban J connectivity index is 2.05. The lowest BCUT2D eigenvalue weighted by atomic mass is 10.3. The Hall–Kier alpha value is 0.240. The predicted molar refractivity (Wildman–Crippen MR) is 82.9 cm³/mol. The van der Waals surface area contributed by atoms with E-state index in [0.29, 0.717) is 11.0 Å². The lowest BCUT2D eigenvalue weighted by Gasteiger charge is -2.21. The van der Waals surface area contributed by atoms with Crippen LogP contribution >= 0.6 is 39.5 Å². The van der Waals surface area contributed by atoms with E-state index in [1.165, 1.54) is 12.1 Å². The number of benzene rings is 1. The second-order valence-corrected chi connectivity index (χ2v) is 9.20. The highest BCUT2D eigenvalue weighted by Gasteiger charge is 2.22. The van der Waals surface area contributed by atoms with Gasteiger partial charge in [0.1, 0.15) is 10.7 Å². The van der Waals surface area contributed by atoms with E-state index >= 15 is 0 Å². The molecule has 2 rings (SSSR count). The van der Waals surface area contributed by atoms with Crippen LogP contribution < -0.4 is 4.72 Å². The smallest absolute Gasteiger partial charge is 0.210 e. The Bertz CT molecular complexity index is 547. The number of sulfonamides is 1. The molecule has 1 heterocycles. The van der Waals surface area contributed by atoms with Crippen molar-refractivity contribution in [1.29, 1.82) is 0 Å². The van der Waals surface area contributed by atoms with Crippen molar-refractivity contribution in [2.24, 2.45) is 0 Å². The zero-order chi connectivity index (χ0) is 13.9. The van der Waals surface area contributed by atoms with Gasteiger partial charge in [-0.3, -0.25) is 0 Å². The number of nitrogens with one attached hydrogen (secondary N) is 1. The molecule has 0 aromatic heterocycles. The summed E-state index contributed by atoms with van der Waals surface area (Å²) in [6.45, 7) is 0.343. The van der Waals surface area contributed by atoms with Crippen molar-refractivity contribution < 1.29 is 12.8 Å². The Morgan fingerprint density at radius 3 is 2.84 bits per heavy atom. The summed E-state index contributed by atoms with van der Waals surface area (Å²) >= 11 is 6.68. The first-order valence-corrected chi connectivity index (χ1v) is 10.1. The molecule has 1 aliphatic heterocycles. The second-order valence-electron chi connectivity index (χ2n) is 3.99. The Morgan fingerprint density at radius 1 is 1.42 bits per heavy atom. The minimum absolute atomic E-state index is 0.257. The third-order valence-corrected chi connectivity index (χ3v) is 7.36. The highest BCUT2D eigenvalue weighted by Crippen LogP contribution is 2.24. The van der Waals surface area contributed by atoms with Crippen molar-refractivity contribution in [3.05, 3.63) is 28.5 Å². The number of rotatable bonds is 4. The molecule has 0 radical (unpaired) electrons. The van der Waals surface area contributed by atoms with Gasteiger partial charge in [-0.2, -0.15) is 23.5 Å². The molecule has 106 valence electrons. The second kappa shape index (κ2) is 6.80. The van der Waals surface area contributed by atoms with Crippen LogP contribution in [0.3, 0.4) is 0 Å². The van der Waals surface area contributed by atoms with Crippen LogP contribution in [0.1, 0.15) is 0 Å². The minimum Gasteiger partial charge on any atom is -0.210 e. The van der Waals surface area contributed by atoms with Gasteiger partial charge in [-0.05, 0) is 18.2 Å². The molecule has 0 amide bonds. The van der Waals surface area contributed by atoms with Crippen LogP contribution in [0.2, 0.25) is 0 Å². The van der Waals surface area contributed by atoms with E-state index < -0.39 is 15.8 Å². The zero-order valence-electron chi connectivity index (χ0n) is 9.93. The van der Waals surface area contributed by atoms with Crippen LogP contribution in [-0.4, -0.2) is 37.5 Å². The number of halogens is 2. The monoisotopic (exact) mass is 385 g/mol. The van der Waals surface area contributed by atoms with Gasteiger partial charge in [-0.25, -0.2) is 17.5 Å². The molecule has 0 spiro atoms. The van der Waals surface area contributed by atoms with Gasteiger partial charge in [0.25, 0.3) is 0 Å². The maximum Gasteiger partial charge on any atom is 0.243 e. The van der Waals surface area contributed by atoms with Gasteiger partial charge < -0.3 is 0 Å². The van der Waals surface area contributed by atoms with Crippen molar-refractivity contribution in [3.63, 3.8) is 0 Å². The van der Waals surface area contributed by atoms with E-state index in [1.54, 1.807) is 11.8 Å². The van der Waals surface area contributed by atoms with E-state index in [2.05, 4.69) is 20.7 Å². The molecule has 0 bridgehead atoms. The Labute approximate surface area is 129 Å². The maximum atomic E-state index is 13.7. The van der Waals surface area contributed by atoms with Crippen molar-refractivity contribution in [2.45, 2.75) is 10.1 Å². The highest BCUT2D eigenvalue weighted by atomic mass is 79.9. The molecule has 8 heteroatoms. The molecule has 0 saturated carbocycles. The first kappa shape index (κ1) is 15.6. The van der Waals surface area contributed by atoms with Gasteiger partial charge in [0, 0.05) is 33.5 Å². The maximum absolute atomic E-state index is 13.7. The average molecular weight is 386 g/mol. The average Bonchev–Trinajstić information content (AvgIpc) is 2.37. The quantitative estimate of drug-likeness (QED) is 0.865. The minimum atomic E-state index is -3.78. The highest BCUT2D eigenvalue weighted by molar-refractivity contribution is 9.10. The van der Waals surface area contributed by atoms with E-state index in [0.717, 1.165) is 23.3 Å². The molecule has 1 fully saturated rings. The molecular formula is C11H13BrFNO2S3. The lowest BCUT2D eigenvalue weighted by molar-refractivity contribution is 0.556. The fraction of sp³-hybridized carbons (Fsp3) is 0.455. The topological polar surface area (TPSA) is 46.2 Å². The molecule has 1 unspecified atom stereocenters. The van der Waals surface area contributed by atoms with E-state index in [-0.39, 0.29) is 10.1 Å². The zero-order valence-corrected chi connectivity index (χ0v) is 14.0. The summed E-state index contributed by atoms with van der Waals surface area (Å²) in [5.74, 6) is 2.32. The van der Waals surface area contributed by atoms with Gasteiger partial charge in [0.2, 0.25) is 10.0 Å². The third kappa shape index (κ3) is 4.35. The van der Waals surface area contributed by atoms with Crippen LogP contribution in [0.5, 0.6) is 0 Å². The third-order valence-electron chi connectivity index (χ3n) is 2.57. The molecule has 1 aromatic carbocycles. The summed E-state index contributed by atoms with van der Waals surface area (Å²) in [5, 5.41) is 0.257. The lowest BCUT2D eigenvalue weighted by Crippen LogP contribution is -2.33. The summed E-state index contributed by atoms with van der Waals surface area (Å²) in [6, 6.07) is 3.94. The standard InChI is InChI=1S/C11H13BrFNO2S3/c12-8-1-2-11(10(13)5-8)19(15,16)14-6-9-7-17-3-4-18-9/h1-2,5,9,14H,3-4,6-7H2. The number of hydrogen-bond donors (Lipinski definition) is 1. The van der Waals surface area contributed by atoms with Crippen molar-refractivity contribution >= 4 is 49.5 Å². The van der Waals surface area contributed by atoms with Crippen LogP contribution in [0.25, 0.3) is 0 Å². The first-order valence-electron chi connectivity index (χ1n) is 5.63. The van der Waals surface area contributed by atoms with Gasteiger partial charge in [0.05, 0.1) is 0 Å². The molecule has 0 aliphatic carbocycles. The van der Waals surface area contributed by atoms with Crippen LogP contribution in [0, 0.1) is 5.82 Å². The van der Waals surface area contributed by atoms with E-state index in [9.17, 15) is 12.8 Å². The molecule has 1 atom stereocenters. The molecular weight excluding hydrogens is 373 g/mol. The normalized spacial score (nSPS) is 20.4. The predicted octanol–water partition coefficient (Wildman–Crippen LogP) is 2.72. The van der Waals surface area contributed by atoms with Gasteiger partial charge >= 0.3 is 0 Å². The van der Waals surface area contributed by atoms with Crippen molar-refractivity contribution in [2.75, 3.05) is 23.8 Å². The van der Waals surface area contributed by atoms with E-state index in [1.807, 2.05) is 11.8 Å². The fourth-order valence-electron chi connectivity index (χ4n) is 1.63. The summed E-state index contributed by atoms with van der Waals surface area (Å²) in [7, 11) is -3.78. The summed E-state index contributed by atoms with van der Waals surface area (Å²) in [5.41, 5.74) is 0. The van der Waals surface area contributed by atoms with E-state index in [4.69, 9.17) is 0 Å². The van der Waals surface area contributed by atoms with Crippen LogP contribution in [0.15, 0.2) is 27.6 Å². The Morgan fingerprint density at radius 2 is 2.21 bits per heavy atom. The largest absolute Gasteiger partial charge is 0.243 e. The van der Waals surface area contributed by atoms with Gasteiger partial charge in [0.15, 0.2) is 0 Å². The fourth-order valence-corrected chi connectivity index (χ4v) is 5.82. The Kier molecular flexibility index (Phi) is 5.59. The van der Waals surface area contributed by atoms with Gasteiger partial charge in [-0.1, -0.05) is 15.9 Å². The molecule has 1 saturated heterocycles. The summed E-state index contributed by atoms with van der Waals surface area (Å²) in [6.07, 6.45) is 0. The molecule has 1 aliphatic rings. The summed E-state index contributed by atoms with van der Waals surface area (Å²) in [4.78, 5) is -0.302. The summed E-state index contributed by atoms with van der Waals surface area (Å²) < 4.78 is 40.7. The number of thioether (sulfide) groups is 2.